The lowest BCUT2D eigenvalue weighted by Gasteiger charge is -2.15. The second kappa shape index (κ2) is 4.94. The summed E-state index contributed by atoms with van der Waals surface area (Å²) in [7, 11) is 0. The zero-order chi connectivity index (χ0) is 12.4. The Bertz CT molecular complexity index is 521. The molecule has 1 amide bonds. The molecule has 1 aromatic carbocycles. The van der Waals surface area contributed by atoms with Crippen LogP contribution in [0.3, 0.4) is 0 Å². The van der Waals surface area contributed by atoms with E-state index >= 15 is 0 Å². The van der Waals surface area contributed by atoms with Gasteiger partial charge in [-0.25, -0.2) is 0 Å². The smallest absolute Gasteiger partial charge is 0.263 e. The summed E-state index contributed by atoms with van der Waals surface area (Å²) in [5, 5.41) is 1.96. The van der Waals surface area contributed by atoms with Crippen molar-refractivity contribution in [2.75, 3.05) is 13.1 Å². The van der Waals surface area contributed by atoms with Crippen molar-refractivity contribution in [3.63, 3.8) is 0 Å². The van der Waals surface area contributed by atoms with E-state index in [0.29, 0.717) is 5.92 Å². The van der Waals surface area contributed by atoms with Gasteiger partial charge in [-0.3, -0.25) is 4.79 Å². The summed E-state index contributed by atoms with van der Waals surface area (Å²) in [4.78, 5) is 15.0. The highest BCUT2D eigenvalue weighted by molar-refractivity contribution is 7.12. The molecule has 3 heteroatoms. The first-order chi connectivity index (χ1) is 8.84. The molecule has 0 radical (unpaired) electrons. The van der Waals surface area contributed by atoms with Crippen LogP contribution < -0.4 is 0 Å². The van der Waals surface area contributed by atoms with Crippen molar-refractivity contribution >= 4 is 17.2 Å². The van der Waals surface area contributed by atoms with Crippen LogP contribution in [-0.2, 0) is 0 Å². The van der Waals surface area contributed by atoms with Gasteiger partial charge in [-0.1, -0.05) is 36.4 Å². The molecule has 0 aliphatic carbocycles. The van der Waals surface area contributed by atoms with Crippen LogP contribution in [0.5, 0.6) is 0 Å². The van der Waals surface area contributed by atoms with Gasteiger partial charge in [-0.05, 0) is 23.4 Å². The van der Waals surface area contributed by atoms with Gasteiger partial charge in [0, 0.05) is 19.0 Å². The van der Waals surface area contributed by atoms with Crippen LogP contribution in [0.1, 0.15) is 27.6 Å². The lowest BCUT2D eigenvalue weighted by atomic mass is 9.99. The first-order valence-electron chi connectivity index (χ1n) is 6.22. The summed E-state index contributed by atoms with van der Waals surface area (Å²) in [6, 6.07) is 14.3. The molecule has 1 aliphatic heterocycles. The van der Waals surface area contributed by atoms with Gasteiger partial charge >= 0.3 is 0 Å². The molecule has 2 heterocycles. The number of benzene rings is 1. The van der Waals surface area contributed by atoms with E-state index in [0.717, 1.165) is 24.4 Å². The molecule has 0 unspecified atom stereocenters. The highest BCUT2D eigenvalue weighted by Gasteiger charge is 2.28. The number of hydrogen-bond acceptors (Lipinski definition) is 2. The zero-order valence-corrected chi connectivity index (χ0v) is 10.9. The molecule has 1 saturated heterocycles. The molecule has 18 heavy (non-hydrogen) atoms. The molecule has 1 atom stereocenters. The summed E-state index contributed by atoms with van der Waals surface area (Å²) in [6.07, 6.45) is 1.07. The molecule has 0 spiro atoms. The van der Waals surface area contributed by atoms with E-state index in [4.69, 9.17) is 0 Å². The summed E-state index contributed by atoms with van der Waals surface area (Å²) >= 11 is 1.52. The van der Waals surface area contributed by atoms with Crippen LogP contribution in [0.2, 0.25) is 0 Å². The second-order valence-corrected chi connectivity index (χ2v) is 5.57. The maximum absolute atomic E-state index is 12.2. The number of carbonyl (C=O) groups is 1. The maximum Gasteiger partial charge on any atom is 0.263 e. The largest absolute Gasteiger partial charge is 0.337 e. The average molecular weight is 257 g/mol. The number of thiophene rings is 1. The quantitative estimate of drug-likeness (QED) is 0.807. The third-order valence-electron chi connectivity index (χ3n) is 3.48. The molecule has 1 aromatic heterocycles. The maximum atomic E-state index is 12.2. The summed E-state index contributed by atoms with van der Waals surface area (Å²) in [6.45, 7) is 1.72. The van der Waals surface area contributed by atoms with E-state index < -0.39 is 0 Å². The van der Waals surface area contributed by atoms with Crippen molar-refractivity contribution in [3.8, 4) is 0 Å². The Morgan fingerprint density at radius 3 is 2.72 bits per heavy atom. The minimum atomic E-state index is 0.184. The minimum absolute atomic E-state index is 0.184. The van der Waals surface area contributed by atoms with Gasteiger partial charge in [0.25, 0.3) is 5.91 Å². The van der Waals surface area contributed by atoms with Gasteiger partial charge in [0.15, 0.2) is 0 Å². The third-order valence-corrected chi connectivity index (χ3v) is 4.34. The lowest BCUT2D eigenvalue weighted by Crippen LogP contribution is -2.27. The topological polar surface area (TPSA) is 20.3 Å². The fourth-order valence-electron chi connectivity index (χ4n) is 2.50. The molecular weight excluding hydrogens is 242 g/mol. The predicted molar refractivity (Wildman–Crippen MR) is 74.0 cm³/mol. The number of nitrogens with zero attached hydrogens (tertiary/aromatic N) is 1. The monoisotopic (exact) mass is 257 g/mol. The molecule has 1 fully saturated rings. The molecular formula is C15H15NOS. The van der Waals surface area contributed by atoms with Crippen molar-refractivity contribution in [2.45, 2.75) is 12.3 Å². The first-order valence-corrected chi connectivity index (χ1v) is 7.10. The number of carbonyl (C=O) groups excluding carboxylic acids is 1. The van der Waals surface area contributed by atoms with Crippen molar-refractivity contribution in [3.05, 3.63) is 58.3 Å². The molecule has 0 N–H and O–H groups in total. The van der Waals surface area contributed by atoms with E-state index in [2.05, 4.69) is 24.3 Å². The van der Waals surface area contributed by atoms with Crippen molar-refractivity contribution in [1.29, 1.82) is 0 Å². The summed E-state index contributed by atoms with van der Waals surface area (Å²) in [5.74, 6) is 0.679. The minimum Gasteiger partial charge on any atom is -0.337 e. The summed E-state index contributed by atoms with van der Waals surface area (Å²) < 4.78 is 0. The fraction of sp³-hybridized carbons (Fsp3) is 0.267. The van der Waals surface area contributed by atoms with Gasteiger partial charge in [-0.15, -0.1) is 11.3 Å². The lowest BCUT2D eigenvalue weighted by molar-refractivity contribution is 0.0795. The van der Waals surface area contributed by atoms with Crippen LogP contribution in [0.25, 0.3) is 0 Å². The Balaban J connectivity index is 1.71. The van der Waals surface area contributed by atoms with Gasteiger partial charge in [0.05, 0.1) is 4.88 Å². The Morgan fingerprint density at radius 1 is 1.17 bits per heavy atom. The Kier molecular flexibility index (Phi) is 3.15. The number of likely N-dealkylation sites (tertiary alicyclic amines) is 1. The van der Waals surface area contributed by atoms with Gasteiger partial charge in [-0.2, -0.15) is 0 Å². The third kappa shape index (κ3) is 2.18. The number of amides is 1. The normalized spacial score (nSPS) is 19.1. The van der Waals surface area contributed by atoms with Gasteiger partial charge < -0.3 is 4.90 Å². The molecule has 1 aliphatic rings. The molecule has 0 saturated carbocycles. The molecule has 92 valence electrons. The van der Waals surface area contributed by atoms with Crippen LogP contribution in [0.15, 0.2) is 47.8 Å². The van der Waals surface area contributed by atoms with Crippen LogP contribution in [0, 0.1) is 0 Å². The number of hydrogen-bond donors (Lipinski definition) is 0. The molecule has 3 rings (SSSR count). The molecule has 2 aromatic rings. The van der Waals surface area contributed by atoms with Gasteiger partial charge in [0.2, 0.25) is 0 Å². The van der Waals surface area contributed by atoms with E-state index in [1.807, 2.05) is 28.5 Å². The Morgan fingerprint density at radius 2 is 2.00 bits per heavy atom. The van der Waals surface area contributed by atoms with Gasteiger partial charge in [0.1, 0.15) is 0 Å². The van der Waals surface area contributed by atoms with Crippen molar-refractivity contribution < 1.29 is 4.79 Å². The van der Waals surface area contributed by atoms with Crippen LogP contribution in [0.4, 0.5) is 0 Å². The summed E-state index contributed by atoms with van der Waals surface area (Å²) in [5.41, 5.74) is 1.35. The second-order valence-electron chi connectivity index (χ2n) is 4.62. The van der Waals surface area contributed by atoms with Crippen molar-refractivity contribution in [1.82, 2.24) is 4.90 Å². The zero-order valence-electron chi connectivity index (χ0n) is 10.1. The number of rotatable bonds is 2. The Hall–Kier alpha value is -1.61. The molecule has 2 nitrogen and oxygen atoms in total. The van der Waals surface area contributed by atoms with Crippen LogP contribution >= 0.6 is 11.3 Å². The molecule has 0 bridgehead atoms. The van der Waals surface area contributed by atoms with E-state index in [9.17, 15) is 4.79 Å². The fourth-order valence-corrected chi connectivity index (χ4v) is 3.19. The average Bonchev–Trinajstić information content (AvgIpc) is 3.10. The van der Waals surface area contributed by atoms with Crippen molar-refractivity contribution in [2.24, 2.45) is 0 Å². The predicted octanol–water partition coefficient (Wildman–Crippen LogP) is 3.38. The van der Waals surface area contributed by atoms with E-state index in [1.165, 1.54) is 16.9 Å². The Labute approximate surface area is 111 Å². The highest BCUT2D eigenvalue weighted by atomic mass is 32.1. The van der Waals surface area contributed by atoms with Crippen LogP contribution in [-0.4, -0.2) is 23.9 Å². The first kappa shape index (κ1) is 11.5. The highest BCUT2D eigenvalue weighted by Crippen LogP contribution is 2.28. The van der Waals surface area contributed by atoms with E-state index in [-0.39, 0.29) is 5.91 Å². The van der Waals surface area contributed by atoms with E-state index in [1.54, 1.807) is 0 Å². The SMILES string of the molecule is O=C(c1cccs1)N1CC[C@H](c2ccccc2)C1. The standard InChI is InChI=1S/C15H15NOS/c17-15(14-7-4-10-18-14)16-9-8-13(11-16)12-5-2-1-3-6-12/h1-7,10,13H,8-9,11H2/t13-/m0/s1.